The van der Waals surface area contributed by atoms with Gasteiger partial charge in [0.05, 0.1) is 14.2 Å². The van der Waals surface area contributed by atoms with Gasteiger partial charge in [-0.2, -0.15) is 0 Å². The highest BCUT2D eigenvalue weighted by molar-refractivity contribution is 5.76. The molecule has 2 unspecified atom stereocenters. The van der Waals surface area contributed by atoms with Crippen molar-refractivity contribution in [2.45, 2.75) is 64.5 Å². The van der Waals surface area contributed by atoms with Crippen LogP contribution in [-0.4, -0.2) is 50.2 Å². The van der Waals surface area contributed by atoms with Gasteiger partial charge in [0.1, 0.15) is 0 Å². The second kappa shape index (κ2) is 9.64. The van der Waals surface area contributed by atoms with Crippen molar-refractivity contribution in [1.82, 2.24) is 10.2 Å². The number of ether oxygens (including phenoxy) is 2. The molecule has 3 rings (SSSR count). The molecular formula is C23H36N2O3. The van der Waals surface area contributed by atoms with Crippen LogP contribution >= 0.6 is 0 Å². The lowest BCUT2D eigenvalue weighted by Gasteiger charge is -2.31. The monoisotopic (exact) mass is 388 g/mol. The Morgan fingerprint density at radius 2 is 1.82 bits per heavy atom. The molecule has 2 bridgehead atoms. The smallest absolute Gasteiger partial charge is 0.222 e. The number of rotatable bonds is 9. The predicted octanol–water partition coefficient (Wildman–Crippen LogP) is 3.65. The molecule has 0 aliphatic carbocycles. The average Bonchev–Trinajstić information content (AvgIpc) is 3.02. The summed E-state index contributed by atoms with van der Waals surface area (Å²) in [4.78, 5) is 15.2. The first kappa shape index (κ1) is 21.0. The van der Waals surface area contributed by atoms with Crippen molar-refractivity contribution >= 4 is 5.91 Å². The van der Waals surface area contributed by atoms with Gasteiger partial charge in [0, 0.05) is 31.6 Å². The molecule has 5 nitrogen and oxygen atoms in total. The van der Waals surface area contributed by atoms with Gasteiger partial charge < -0.3 is 19.7 Å². The van der Waals surface area contributed by atoms with Crippen molar-refractivity contribution in [3.8, 4) is 11.5 Å². The van der Waals surface area contributed by atoms with E-state index in [-0.39, 0.29) is 0 Å². The number of carbonyl (C=O) groups excluding carboxylic acids is 1. The number of hydrogen-bond donors (Lipinski definition) is 1. The van der Waals surface area contributed by atoms with Crippen molar-refractivity contribution in [2.75, 3.05) is 27.3 Å². The first-order chi connectivity index (χ1) is 13.5. The SMILES string of the molecule is COc1ccc(CCN(CC(C)C)C(=O)CC2CC3CCC(C2)N3)cc1OC. The van der Waals surface area contributed by atoms with Crippen LogP contribution < -0.4 is 14.8 Å². The number of benzene rings is 1. The minimum atomic E-state index is 0.320. The number of methoxy groups -OCH3 is 2. The zero-order valence-corrected chi connectivity index (χ0v) is 17.9. The van der Waals surface area contributed by atoms with Gasteiger partial charge in [-0.1, -0.05) is 19.9 Å². The largest absolute Gasteiger partial charge is 0.493 e. The average molecular weight is 389 g/mol. The summed E-state index contributed by atoms with van der Waals surface area (Å²) >= 11 is 0. The molecule has 2 fully saturated rings. The third-order valence-electron chi connectivity index (χ3n) is 6.09. The number of carbonyl (C=O) groups is 1. The van der Waals surface area contributed by atoms with E-state index in [1.165, 1.54) is 18.4 Å². The summed E-state index contributed by atoms with van der Waals surface area (Å²) in [6, 6.07) is 7.29. The molecule has 2 atom stereocenters. The summed E-state index contributed by atoms with van der Waals surface area (Å²) in [5.41, 5.74) is 1.17. The Morgan fingerprint density at radius 1 is 1.14 bits per heavy atom. The molecule has 2 heterocycles. The van der Waals surface area contributed by atoms with Crippen molar-refractivity contribution in [3.05, 3.63) is 23.8 Å². The molecule has 1 amide bonds. The summed E-state index contributed by atoms with van der Waals surface area (Å²) in [5, 5.41) is 3.67. The summed E-state index contributed by atoms with van der Waals surface area (Å²) < 4.78 is 10.7. The number of hydrogen-bond acceptors (Lipinski definition) is 4. The van der Waals surface area contributed by atoms with E-state index in [1.54, 1.807) is 14.2 Å². The molecule has 0 aromatic heterocycles. The highest BCUT2D eigenvalue weighted by atomic mass is 16.5. The van der Waals surface area contributed by atoms with Gasteiger partial charge in [-0.05, 0) is 61.6 Å². The normalized spacial score (nSPS) is 23.7. The highest BCUT2D eigenvalue weighted by Crippen LogP contribution is 2.33. The molecule has 1 aromatic carbocycles. The van der Waals surface area contributed by atoms with Gasteiger partial charge in [0.15, 0.2) is 11.5 Å². The molecule has 2 saturated heterocycles. The molecule has 1 aromatic rings. The zero-order chi connectivity index (χ0) is 20.1. The van der Waals surface area contributed by atoms with E-state index < -0.39 is 0 Å². The highest BCUT2D eigenvalue weighted by Gasteiger charge is 2.34. The minimum Gasteiger partial charge on any atom is -0.493 e. The molecule has 2 aliphatic rings. The maximum absolute atomic E-state index is 13.1. The Kier molecular flexibility index (Phi) is 7.22. The standard InChI is InChI=1S/C23H36N2O3/c1-16(2)15-25(10-9-17-5-8-21(27-3)22(13-17)28-4)23(26)14-18-11-19-6-7-20(12-18)24-19/h5,8,13,16,18-20,24H,6-7,9-12,14-15H2,1-4H3. The fourth-order valence-electron chi connectivity index (χ4n) is 4.78. The van der Waals surface area contributed by atoms with E-state index in [4.69, 9.17) is 9.47 Å². The minimum absolute atomic E-state index is 0.320. The van der Waals surface area contributed by atoms with Gasteiger partial charge in [-0.3, -0.25) is 4.79 Å². The van der Waals surface area contributed by atoms with Crippen LogP contribution in [0.1, 0.15) is 51.5 Å². The van der Waals surface area contributed by atoms with Crippen LogP contribution in [0.4, 0.5) is 0 Å². The number of nitrogens with zero attached hydrogens (tertiary/aromatic N) is 1. The van der Waals surface area contributed by atoms with Crippen LogP contribution in [0.5, 0.6) is 11.5 Å². The van der Waals surface area contributed by atoms with Crippen LogP contribution in [0.25, 0.3) is 0 Å². The van der Waals surface area contributed by atoms with E-state index in [0.29, 0.717) is 36.2 Å². The third-order valence-corrected chi connectivity index (χ3v) is 6.09. The fraction of sp³-hybridized carbons (Fsp3) is 0.696. The molecule has 1 N–H and O–H groups in total. The van der Waals surface area contributed by atoms with Gasteiger partial charge in [-0.15, -0.1) is 0 Å². The van der Waals surface area contributed by atoms with Gasteiger partial charge in [0.2, 0.25) is 5.91 Å². The molecule has 5 heteroatoms. The summed E-state index contributed by atoms with van der Waals surface area (Å²) in [7, 11) is 3.30. The Balaban J connectivity index is 1.59. The predicted molar refractivity (Wildman–Crippen MR) is 112 cm³/mol. The molecule has 28 heavy (non-hydrogen) atoms. The number of fused-ring (bicyclic) bond motifs is 2. The van der Waals surface area contributed by atoms with Crippen molar-refractivity contribution < 1.29 is 14.3 Å². The number of amides is 1. The van der Waals surface area contributed by atoms with Crippen LogP contribution in [-0.2, 0) is 11.2 Å². The summed E-state index contributed by atoms with van der Waals surface area (Å²) in [6.45, 7) is 5.94. The Bertz CT molecular complexity index is 649. The second-order valence-corrected chi connectivity index (χ2v) is 8.85. The number of piperidine rings is 1. The lowest BCUT2D eigenvalue weighted by Crippen LogP contribution is -2.41. The summed E-state index contributed by atoms with van der Waals surface area (Å²) in [6.07, 6.45) is 6.42. The van der Waals surface area contributed by atoms with E-state index in [9.17, 15) is 4.79 Å². The van der Waals surface area contributed by atoms with Gasteiger partial charge in [-0.25, -0.2) is 0 Å². The third kappa shape index (κ3) is 5.40. The van der Waals surface area contributed by atoms with E-state index in [1.807, 2.05) is 12.1 Å². The first-order valence-corrected chi connectivity index (χ1v) is 10.7. The molecule has 0 spiro atoms. The van der Waals surface area contributed by atoms with Gasteiger partial charge in [0.25, 0.3) is 0 Å². The number of nitrogens with one attached hydrogen (secondary N) is 1. The fourth-order valence-corrected chi connectivity index (χ4v) is 4.78. The zero-order valence-electron chi connectivity index (χ0n) is 17.9. The van der Waals surface area contributed by atoms with Crippen LogP contribution in [0.15, 0.2) is 18.2 Å². The molecule has 0 saturated carbocycles. The quantitative estimate of drug-likeness (QED) is 0.702. The van der Waals surface area contributed by atoms with E-state index >= 15 is 0 Å². The molecule has 0 radical (unpaired) electrons. The lowest BCUT2D eigenvalue weighted by molar-refractivity contribution is -0.133. The van der Waals surface area contributed by atoms with Crippen molar-refractivity contribution in [3.63, 3.8) is 0 Å². The first-order valence-electron chi connectivity index (χ1n) is 10.7. The molecule has 2 aliphatic heterocycles. The molecule has 156 valence electrons. The van der Waals surface area contributed by atoms with E-state index in [2.05, 4.69) is 30.1 Å². The van der Waals surface area contributed by atoms with Crippen LogP contribution in [0, 0.1) is 11.8 Å². The maximum atomic E-state index is 13.1. The lowest BCUT2D eigenvalue weighted by atomic mass is 9.89. The molecular weight excluding hydrogens is 352 g/mol. The summed E-state index contributed by atoms with van der Waals surface area (Å²) in [5.74, 6) is 2.81. The Hall–Kier alpha value is -1.75. The maximum Gasteiger partial charge on any atom is 0.222 e. The van der Waals surface area contributed by atoms with Crippen LogP contribution in [0.3, 0.4) is 0 Å². The van der Waals surface area contributed by atoms with Crippen molar-refractivity contribution in [2.24, 2.45) is 11.8 Å². The van der Waals surface area contributed by atoms with E-state index in [0.717, 1.165) is 43.9 Å². The van der Waals surface area contributed by atoms with Crippen molar-refractivity contribution in [1.29, 1.82) is 0 Å². The Labute approximate surface area is 169 Å². The topological polar surface area (TPSA) is 50.8 Å². The second-order valence-electron chi connectivity index (χ2n) is 8.85. The van der Waals surface area contributed by atoms with Crippen LogP contribution in [0.2, 0.25) is 0 Å². The van der Waals surface area contributed by atoms with Gasteiger partial charge >= 0.3 is 0 Å². The Morgan fingerprint density at radius 3 is 2.43 bits per heavy atom.